The minimum absolute atomic E-state index is 0.100. The lowest BCUT2D eigenvalue weighted by atomic mass is 10.2. The molecule has 3 N–H and O–H groups in total. The van der Waals surface area contributed by atoms with Crippen LogP contribution < -0.4 is 10.5 Å². The molecule has 19 heavy (non-hydrogen) atoms. The van der Waals surface area contributed by atoms with Gasteiger partial charge in [-0.15, -0.1) is 0 Å². The molecule has 1 aromatic rings. The summed E-state index contributed by atoms with van der Waals surface area (Å²) >= 11 is 0. The van der Waals surface area contributed by atoms with Crippen molar-refractivity contribution in [3.8, 4) is 0 Å². The first-order chi connectivity index (χ1) is 8.53. The van der Waals surface area contributed by atoms with Crippen molar-refractivity contribution in [2.24, 2.45) is 0 Å². The Balaban J connectivity index is 2.95. The summed E-state index contributed by atoms with van der Waals surface area (Å²) in [5.41, 5.74) is 5.18. The molecule has 0 atom stereocenters. The quantitative estimate of drug-likeness (QED) is 0.747. The van der Waals surface area contributed by atoms with Gasteiger partial charge in [0.1, 0.15) is 15.7 Å². The van der Waals surface area contributed by atoms with Crippen LogP contribution in [0.25, 0.3) is 0 Å². The van der Waals surface area contributed by atoms with E-state index < -0.39 is 25.7 Å². The third-order valence-corrected chi connectivity index (χ3v) is 4.72. The van der Waals surface area contributed by atoms with Crippen LogP contribution in [-0.2, 0) is 19.9 Å². The Bertz CT molecular complexity index is 660. The first-order valence-electron chi connectivity index (χ1n) is 5.26. The fourth-order valence-corrected chi connectivity index (χ4v) is 3.12. The molecule has 0 aromatic heterocycles. The lowest BCUT2D eigenvalue weighted by Crippen LogP contribution is -2.29. The highest BCUT2D eigenvalue weighted by Gasteiger charge is 2.17. The van der Waals surface area contributed by atoms with E-state index in [1.807, 2.05) is 0 Å². The van der Waals surface area contributed by atoms with Gasteiger partial charge < -0.3 is 5.73 Å². The van der Waals surface area contributed by atoms with Crippen LogP contribution in [0.3, 0.4) is 0 Å². The number of sulfone groups is 1. The van der Waals surface area contributed by atoms with Gasteiger partial charge in [-0.05, 0) is 24.6 Å². The topological polar surface area (TPSA) is 106 Å². The lowest BCUT2D eigenvalue weighted by Gasteiger charge is -2.09. The molecule has 108 valence electrons. The second-order valence-corrected chi connectivity index (χ2v) is 8.20. The van der Waals surface area contributed by atoms with Crippen LogP contribution in [0.5, 0.6) is 0 Å². The van der Waals surface area contributed by atoms with Crippen molar-refractivity contribution in [2.45, 2.75) is 11.8 Å². The smallest absolute Gasteiger partial charge is 0.240 e. The lowest BCUT2D eigenvalue weighted by molar-refractivity contribution is 0.581. The molecular weight excluding hydrogens is 295 g/mol. The molecule has 6 nitrogen and oxygen atoms in total. The second-order valence-electron chi connectivity index (χ2n) is 4.17. The first-order valence-corrected chi connectivity index (χ1v) is 8.80. The molecule has 1 rings (SSSR count). The number of halogens is 1. The van der Waals surface area contributed by atoms with E-state index in [-0.39, 0.29) is 28.4 Å². The van der Waals surface area contributed by atoms with E-state index in [9.17, 15) is 21.2 Å². The number of sulfonamides is 1. The zero-order valence-corrected chi connectivity index (χ0v) is 12.1. The molecule has 1 aromatic carbocycles. The summed E-state index contributed by atoms with van der Waals surface area (Å²) in [7, 11) is -7.17. The maximum atomic E-state index is 13.3. The fraction of sp³-hybridized carbons (Fsp3) is 0.400. The van der Waals surface area contributed by atoms with Crippen LogP contribution in [0.15, 0.2) is 17.0 Å². The van der Waals surface area contributed by atoms with Gasteiger partial charge in [0.2, 0.25) is 10.0 Å². The number of nitrogens with one attached hydrogen (secondary N) is 1. The van der Waals surface area contributed by atoms with E-state index >= 15 is 0 Å². The summed E-state index contributed by atoms with van der Waals surface area (Å²) in [6, 6.07) is 2.12. The van der Waals surface area contributed by atoms with Crippen LogP contribution in [0.1, 0.15) is 5.56 Å². The number of hydrogen-bond donors (Lipinski definition) is 2. The molecule has 0 saturated carbocycles. The van der Waals surface area contributed by atoms with Crippen molar-refractivity contribution in [2.75, 3.05) is 24.3 Å². The average Bonchev–Trinajstić information content (AvgIpc) is 2.22. The fourth-order valence-electron chi connectivity index (χ4n) is 1.36. The van der Waals surface area contributed by atoms with Crippen LogP contribution in [-0.4, -0.2) is 35.4 Å². The molecule has 0 heterocycles. The van der Waals surface area contributed by atoms with E-state index in [2.05, 4.69) is 4.72 Å². The van der Waals surface area contributed by atoms with Crippen molar-refractivity contribution >= 4 is 25.5 Å². The van der Waals surface area contributed by atoms with Gasteiger partial charge in [-0.25, -0.2) is 25.9 Å². The summed E-state index contributed by atoms with van der Waals surface area (Å²) in [5, 5.41) is 0. The standard InChI is InChI=1S/C10H15FN2O4S2/c1-7-5-8(6-9(12)10(7)11)19(16,17)13-3-4-18(2,14)15/h5-6,13H,3-4,12H2,1-2H3. The number of nitrogen functional groups attached to an aromatic ring is 1. The predicted molar refractivity (Wildman–Crippen MR) is 70.4 cm³/mol. The van der Waals surface area contributed by atoms with E-state index in [0.29, 0.717) is 0 Å². The minimum atomic E-state index is -3.91. The zero-order chi connectivity index (χ0) is 14.8. The van der Waals surface area contributed by atoms with E-state index in [0.717, 1.165) is 18.4 Å². The molecular formula is C10H15FN2O4S2. The van der Waals surface area contributed by atoms with Gasteiger partial charge in [0, 0.05) is 12.8 Å². The summed E-state index contributed by atoms with van der Waals surface area (Å²) in [4.78, 5) is -0.197. The molecule has 0 unspecified atom stereocenters. The molecule has 0 aliphatic carbocycles. The highest BCUT2D eigenvalue weighted by atomic mass is 32.2. The third kappa shape index (κ3) is 4.44. The van der Waals surface area contributed by atoms with Gasteiger partial charge in [0.15, 0.2) is 0 Å². The Hall–Kier alpha value is -1.19. The van der Waals surface area contributed by atoms with Crippen molar-refractivity contribution < 1.29 is 21.2 Å². The SMILES string of the molecule is Cc1cc(S(=O)(=O)NCCS(C)(=O)=O)cc(N)c1F. The Morgan fingerprint density at radius 2 is 1.84 bits per heavy atom. The Morgan fingerprint density at radius 1 is 1.26 bits per heavy atom. The molecule has 9 heteroatoms. The van der Waals surface area contributed by atoms with Crippen LogP contribution >= 0.6 is 0 Å². The third-order valence-electron chi connectivity index (χ3n) is 2.33. The van der Waals surface area contributed by atoms with Crippen molar-refractivity contribution in [3.63, 3.8) is 0 Å². The van der Waals surface area contributed by atoms with Crippen LogP contribution in [0.2, 0.25) is 0 Å². The number of nitrogens with two attached hydrogens (primary N) is 1. The van der Waals surface area contributed by atoms with Crippen molar-refractivity contribution in [3.05, 3.63) is 23.5 Å². The van der Waals surface area contributed by atoms with Gasteiger partial charge in [-0.3, -0.25) is 0 Å². The molecule has 0 spiro atoms. The number of aryl methyl sites for hydroxylation is 1. The number of benzene rings is 1. The molecule has 0 radical (unpaired) electrons. The van der Waals surface area contributed by atoms with Gasteiger partial charge in [0.05, 0.1) is 16.3 Å². The van der Waals surface area contributed by atoms with E-state index in [1.54, 1.807) is 0 Å². The zero-order valence-electron chi connectivity index (χ0n) is 10.5. The molecule has 0 fully saturated rings. The van der Waals surface area contributed by atoms with Crippen LogP contribution in [0.4, 0.5) is 10.1 Å². The monoisotopic (exact) mass is 310 g/mol. The highest BCUT2D eigenvalue weighted by molar-refractivity contribution is 7.91. The number of anilines is 1. The molecule has 0 aliphatic rings. The maximum Gasteiger partial charge on any atom is 0.240 e. The Labute approximate surface area is 111 Å². The average molecular weight is 310 g/mol. The second kappa shape index (κ2) is 5.43. The molecule has 0 bridgehead atoms. The summed E-state index contributed by atoms with van der Waals surface area (Å²) in [6.07, 6.45) is 1.00. The number of rotatable bonds is 5. The van der Waals surface area contributed by atoms with E-state index in [4.69, 9.17) is 5.73 Å². The van der Waals surface area contributed by atoms with Crippen LogP contribution in [0, 0.1) is 12.7 Å². The Kier molecular flexibility index (Phi) is 4.54. The summed E-state index contributed by atoms with van der Waals surface area (Å²) in [5.74, 6) is -0.989. The highest BCUT2D eigenvalue weighted by Crippen LogP contribution is 2.20. The van der Waals surface area contributed by atoms with Crippen molar-refractivity contribution in [1.82, 2.24) is 4.72 Å². The van der Waals surface area contributed by atoms with Gasteiger partial charge >= 0.3 is 0 Å². The molecule has 0 aliphatic heterocycles. The van der Waals surface area contributed by atoms with E-state index in [1.165, 1.54) is 6.92 Å². The Morgan fingerprint density at radius 3 is 2.32 bits per heavy atom. The van der Waals surface area contributed by atoms with Crippen molar-refractivity contribution in [1.29, 1.82) is 0 Å². The summed E-state index contributed by atoms with van der Waals surface area (Å²) < 4.78 is 60.9. The van der Waals surface area contributed by atoms with Gasteiger partial charge in [-0.1, -0.05) is 0 Å². The van der Waals surface area contributed by atoms with Gasteiger partial charge in [0.25, 0.3) is 0 Å². The number of hydrogen-bond acceptors (Lipinski definition) is 5. The first kappa shape index (κ1) is 15.9. The largest absolute Gasteiger partial charge is 0.396 e. The normalized spacial score (nSPS) is 12.6. The molecule has 0 saturated heterocycles. The minimum Gasteiger partial charge on any atom is -0.396 e. The predicted octanol–water partition coefficient (Wildman–Crippen LogP) is 0.0392. The molecule has 0 amide bonds. The summed E-state index contributed by atoms with van der Waals surface area (Å²) in [6.45, 7) is 1.14. The van der Waals surface area contributed by atoms with Gasteiger partial charge in [-0.2, -0.15) is 0 Å². The maximum absolute atomic E-state index is 13.3.